The van der Waals surface area contributed by atoms with E-state index in [1.165, 1.54) is 0 Å². The van der Waals surface area contributed by atoms with Crippen molar-refractivity contribution in [3.05, 3.63) is 40.3 Å². The van der Waals surface area contributed by atoms with E-state index in [1.807, 2.05) is 0 Å². The van der Waals surface area contributed by atoms with Crippen LogP contribution < -0.4 is 15.4 Å². The maximum absolute atomic E-state index is 12.9. The number of amides is 2. The van der Waals surface area contributed by atoms with Crippen LogP contribution in [0.5, 0.6) is 5.75 Å². The maximum Gasteiger partial charge on any atom is 0.341 e. The monoisotopic (exact) mass is 418 g/mol. The molecule has 0 atom stereocenters. The number of rotatable bonds is 6. The normalized spacial score (nSPS) is 11.0. The minimum atomic E-state index is -0.660. The van der Waals surface area contributed by atoms with Gasteiger partial charge in [0.1, 0.15) is 10.8 Å². The molecule has 7 nitrogen and oxygen atoms in total. The summed E-state index contributed by atoms with van der Waals surface area (Å²) in [5, 5.41) is 5.86. The topological polar surface area (TPSA) is 93.7 Å². The fraction of sp³-hybridized carbons (Fsp3) is 0.381. The first kappa shape index (κ1) is 22.4. The van der Waals surface area contributed by atoms with Crippen molar-refractivity contribution in [2.45, 2.75) is 34.6 Å². The van der Waals surface area contributed by atoms with Crippen molar-refractivity contribution in [2.75, 3.05) is 24.4 Å². The highest BCUT2D eigenvalue weighted by molar-refractivity contribution is 7.19. The molecule has 0 aliphatic heterocycles. The Morgan fingerprint density at radius 2 is 1.83 bits per heavy atom. The predicted molar refractivity (Wildman–Crippen MR) is 114 cm³/mol. The molecule has 1 aromatic carbocycles. The first-order chi connectivity index (χ1) is 13.6. The summed E-state index contributed by atoms with van der Waals surface area (Å²) in [7, 11) is 1.54. The highest BCUT2D eigenvalue weighted by atomic mass is 32.1. The van der Waals surface area contributed by atoms with Gasteiger partial charge < -0.3 is 20.1 Å². The lowest BCUT2D eigenvalue weighted by Crippen LogP contribution is -2.28. The minimum absolute atomic E-state index is 0.187. The lowest BCUT2D eigenvalue weighted by atomic mass is 9.96. The second-order valence-corrected chi connectivity index (χ2v) is 8.39. The van der Waals surface area contributed by atoms with Crippen molar-refractivity contribution in [3.8, 4) is 5.75 Å². The third-order valence-corrected chi connectivity index (χ3v) is 5.27. The molecule has 0 spiro atoms. The van der Waals surface area contributed by atoms with E-state index in [9.17, 15) is 14.4 Å². The molecule has 0 fully saturated rings. The van der Waals surface area contributed by atoms with Gasteiger partial charge in [-0.05, 0) is 31.5 Å². The zero-order chi connectivity index (χ0) is 21.8. The van der Waals surface area contributed by atoms with E-state index in [1.54, 1.807) is 66.0 Å². The maximum atomic E-state index is 12.9. The third kappa shape index (κ3) is 5.35. The van der Waals surface area contributed by atoms with Gasteiger partial charge in [-0.2, -0.15) is 0 Å². The van der Waals surface area contributed by atoms with Crippen molar-refractivity contribution in [1.82, 2.24) is 0 Å². The molecule has 0 unspecified atom stereocenters. The molecule has 0 bridgehead atoms. The smallest absolute Gasteiger partial charge is 0.341 e. The Bertz CT molecular complexity index is 928. The number of benzene rings is 1. The summed E-state index contributed by atoms with van der Waals surface area (Å²) in [6.07, 6.45) is 0. The van der Waals surface area contributed by atoms with Crippen molar-refractivity contribution < 1.29 is 23.9 Å². The zero-order valence-electron chi connectivity index (χ0n) is 17.5. The summed E-state index contributed by atoms with van der Waals surface area (Å²) in [6.45, 7) is 8.85. The summed E-state index contributed by atoms with van der Waals surface area (Å²) in [4.78, 5) is 38.1. The van der Waals surface area contributed by atoms with Gasteiger partial charge in [-0.1, -0.05) is 26.8 Å². The Balaban J connectivity index is 2.40. The summed E-state index contributed by atoms with van der Waals surface area (Å²) in [6, 6.07) is 6.95. The molecule has 2 aromatic rings. The van der Waals surface area contributed by atoms with Crippen LogP contribution in [0, 0.1) is 12.3 Å². The standard InChI is InChI=1S/C21H26N2O5S/c1-7-28-19(25)15-12(2)16(29-18(15)23-20(26)21(3,4)5)17(24)22-13-9-8-10-14(11-13)27-6/h8-11H,7H2,1-6H3,(H,22,24)(H,23,26). The molecular weight excluding hydrogens is 392 g/mol. The number of thiophene rings is 1. The quantitative estimate of drug-likeness (QED) is 0.675. The SMILES string of the molecule is CCOC(=O)c1c(NC(=O)C(C)(C)C)sc(C(=O)Nc2cccc(OC)c2)c1C. The predicted octanol–water partition coefficient (Wildman–Crippen LogP) is 4.48. The van der Waals surface area contributed by atoms with Crippen molar-refractivity contribution in [3.63, 3.8) is 0 Å². The molecule has 156 valence electrons. The highest BCUT2D eigenvalue weighted by Crippen LogP contribution is 2.35. The second-order valence-electron chi connectivity index (χ2n) is 7.37. The summed E-state index contributed by atoms with van der Waals surface area (Å²) in [5.74, 6) is -0.617. The number of hydrogen-bond acceptors (Lipinski definition) is 6. The van der Waals surface area contributed by atoms with Gasteiger partial charge in [-0.15, -0.1) is 11.3 Å². The van der Waals surface area contributed by atoms with Crippen LogP contribution in [0.15, 0.2) is 24.3 Å². The van der Waals surface area contributed by atoms with Gasteiger partial charge in [-0.3, -0.25) is 9.59 Å². The van der Waals surface area contributed by atoms with Crippen LogP contribution in [0.4, 0.5) is 10.7 Å². The Morgan fingerprint density at radius 1 is 1.14 bits per heavy atom. The Kier molecular flexibility index (Phi) is 7.02. The second kappa shape index (κ2) is 9.09. The van der Waals surface area contributed by atoms with Crippen molar-refractivity contribution in [1.29, 1.82) is 0 Å². The van der Waals surface area contributed by atoms with E-state index < -0.39 is 11.4 Å². The number of esters is 1. The Morgan fingerprint density at radius 3 is 2.41 bits per heavy atom. The molecule has 0 saturated heterocycles. The molecule has 2 amide bonds. The van der Waals surface area contributed by atoms with Gasteiger partial charge in [0.05, 0.1) is 24.2 Å². The van der Waals surface area contributed by atoms with E-state index in [4.69, 9.17) is 9.47 Å². The first-order valence-electron chi connectivity index (χ1n) is 9.15. The average Bonchev–Trinajstić information content (AvgIpc) is 2.97. The van der Waals surface area contributed by atoms with Gasteiger partial charge in [0.15, 0.2) is 0 Å². The number of methoxy groups -OCH3 is 1. The molecule has 0 saturated carbocycles. The molecular formula is C21H26N2O5S. The minimum Gasteiger partial charge on any atom is -0.497 e. The van der Waals surface area contributed by atoms with Crippen LogP contribution in [0.3, 0.4) is 0 Å². The lowest BCUT2D eigenvalue weighted by Gasteiger charge is -2.17. The van der Waals surface area contributed by atoms with Crippen LogP contribution in [-0.4, -0.2) is 31.5 Å². The number of hydrogen-bond donors (Lipinski definition) is 2. The third-order valence-electron chi connectivity index (χ3n) is 4.07. The Labute approximate surface area is 174 Å². The number of ether oxygens (including phenoxy) is 2. The highest BCUT2D eigenvalue weighted by Gasteiger charge is 2.29. The van der Waals surface area contributed by atoms with Crippen LogP contribution in [0.25, 0.3) is 0 Å². The molecule has 1 aromatic heterocycles. The Hall–Kier alpha value is -2.87. The van der Waals surface area contributed by atoms with Gasteiger partial charge in [0.25, 0.3) is 5.91 Å². The summed E-state index contributed by atoms with van der Waals surface area (Å²) < 4.78 is 10.3. The molecule has 29 heavy (non-hydrogen) atoms. The van der Waals surface area contributed by atoms with E-state index in [0.29, 0.717) is 26.9 Å². The number of carbonyl (C=O) groups excluding carboxylic acids is 3. The average molecular weight is 419 g/mol. The van der Waals surface area contributed by atoms with Crippen LogP contribution in [-0.2, 0) is 9.53 Å². The summed E-state index contributed by atoms with van der Waals surface area (Å²) >= 11 is 1.05. The van der Waals surface area contributed by atoms with Gasteiger partial charge in [0.2, 0.25) is 5.91 Å². The van der Waals surface area contributed by atoms with E-state index >= 15 is 0 Å². The van der Waals surface area contributed by atoms with E-state index in [2.05, 4.69) is 10.6 Å². The van der Waals surface area contributed by atoms with Gasteiger partial charge in [-0.25, -0.2) is 4.79 Å². The van der Waals surface area contributed by atoms with Crippen molar-refractivity contribution in [2.24, 2.45) is 5.41 Å². The number of nitrogens with one attached hydrogen (secondary N) is 2. The fourth-order valence-electron chi connectivity index (χ4n) is 2.45. The molecule has 8 heteroatoms. The molecule has 0 aliphatic carbocycles. The molecule has 2 rings (SSSR count). The largest absolute Gasteiger partial charge is 0.497 e. The zero-order valence-corrected chi connectivity index (χ0v) is 18.3. The lowest BCUT2D eigenvalue weighted by molar-refractivity contribution is -0.123. The van der Waals surface area contributed by atoms with Gasteiger partial charge >= 0.3 is 5.97 Å². The van der Waals surface area contributed by atoms with E-state index in [-0.39, 0.29) is 24.0 Å². The number of anilines is 2. The van der Waals surface area contributed by atoms with E-state index in [0.717, 1.165) is 11.3 Å². The van der Waals surface area contributed by atoms with Crippen LogP contribution >= 0.6 is 11.3 Å². The number of carbonyl (C=O) groups is 3. The van der Waals surface area contributed by atoms with Crippen LogP contribution in [0.2, 0.25) is 0 Å². The molecule has 2 N–H and O–H groups in total. The molecule has 1 heterocycles. The van der Waals surface area contributed by atoms with Crippen LogP contribution in [0.1, 0.15) is 53.3 Å². The van der Waals surface area contributed by atoms with Crippen molar-refractivity contribution >= 4 is 39.8 Å². The molecule has 0 radical (unpaired) electrons. The van der Waals surface area contributed by atoms with Gasteiger partial charge in [0, 0.05) is 17.2 Å². The molecule has 0 aliphatic rings. The summed E-state index contributed by atoms with van der Waals surface area (Å²) in [5.41, 5.74) is 0.552. The first-order valence-corrected chi connectivity index (χ1v) is 9.97. The fourth-order valence-corrected chi connectivity index (χ4v) is 3.53.